The highest BCUT2D eigenvalue weighted by Crippen LogP contribution is 2.17. The topological polar surface area (TPSA) is 33.1 Å². The standard InChI is InChI=1S/C11H20N4/c1-3-15(10-5-4-6-12-9-10)11-13-7-8-14(11)2/h7-8,10,12H,3-6,9H2,1-2H3. The van der Waals surface area contributed by atoms with Crippen molar-refractivity contribution < 1.29 is 0 Å². The summed E-state index contributed by atoms with van der Waals surface area (Å²) in [6.07, 6.45) is 6.42. The SMILES string of the molecule is CCN(c1nccn1C)C1CCCNC1. The van der Waals surface area contributed by atoms with Crippen molar-refractivity contribution in [1.29, 1.82) is 0 Å². The highest BCUT2D eigenvalue weighted by Gasteiger charge is 2.22. The number of anilines is 1. The molecule has 15 heavy (non-hydrogen) atoms. The Balaban J connectivity index is 2.12. The van der Waals surface area contributed by atoms with Gasteiger partial charge in [0.2, 0.25) is 5.95 Å². The average Bonchev–Trinajstić information content (AvgIpc) is 2.68. The monoisotopic (exact) mass is 208 g/mol. The van der Waals surface area contributed by atoms with Gasteiger partial charge in [-0.05, 0) is 26.3 Å². The molecule has 1 aliphatic heterocycles. The van der Waals surface area contributed by atoms with Gasteiger partial charge in [-0.2, -0.15) is 0 Å². The summed E-state index contributed by atoms with van der Waals surface area (Å²) in [6.45, 7) is 5.47. The lowest BCUT2D eigenvalue weighted by Crippen LogP contribution is -2.47. The number of nitrogens with one attached hydrogen (secondary N) is 1. The fraction of sp³-hybridized carbons (Fsp3) is 0.727. The summed E-state index contributed by atoms with van der Waals surface area (Å²) < 4.78 is 2.10. The van der Waals surface area contributed by atoms with Gasteiger partial charge in [0.1, 0.15) is 0 Å². The first-order valence-electron chi connectivity index (χ1n) is 5.77. The van der Waals surface area contributed by atoms with Gasteiger partial charge >= 0.3 is 0 Å². The maximum absolute atomic E-state index is 4.42. The summed E-state index contributed by atoms with van der Waals surface area (Å²) in [5.41, 5.74) is 0. The van der Waals surface area contributed by atoms with E-state index >= 15 is 0 Å². The molecule has 1 aromatic heterocycles. The molecule has 1 atom stereocenters. The summed E-state index contributed by atoms with van der Waals surface area (Å²) in [4.78, 5) is 6.82. The third-order valence-corrected chi connectivity index (χ3v) is 3.10. The van der Waals surface area contributed by atoms with Crippen LogP contribution in [0.25, 0.3) is 0 Å². The van der Waals surface area contributed by atoms with Gasteiger partial charge in [0, 0.05) is 38.6 Å². The molecular weight excluding hydrogens is 188 g/mol. The minimum absolute atomic E-state index is 0.602. The Hall–Kier alpha value is -1.03. The van der Waals surface area contributed by atoms with E-state index < -0.39 is 0 Å². The molecule has 0 aliphatic carbocycles. The van der Waals surface area contributed by atoms with Crippen LogP contribution >= 0.6 is 0 Å². The number of aryl methyl sites for hydroxylation is 1. The quantitative estimate of drug-likeness (QED) is 0.804. The van der Waals surface area contributed by atoms with E-state index in [1.807, 2.05) is 12.4 Å². The summed E-state index contributed by atoms with van der Waals surface area (Å²) in [6, 6.07) is 0.602. The lowest BCUT2D eigenvalue weighted by Gasteiger charge is -2.34. The average molecular weight is 208 g/mol. The molecule has 1 unspecified atom stereocenters. The Morgan fingerprint density at radius 1 is 1.67 bits per heavy atom. The van der Waals surface area contributed by atoms with Gasteiger partial charge in [0.15, 0.2) is 0 Å². The number of likely N-dealkylation sites (N-methyl/N-ethyl adjacent to an activating group) is 1. The summed E-state index contributed by atoms with van der Waals surface area (Å²) in [7, 11) is 2.06. The van der Waals surface area contributed by atoms with E-state index in [-0.39, 0.29) is 0 Å². The maximum atomic E-state index is 4.42. The van der Waals surface area contributed by atoms with Crippen molar-refractivity contribution in [3.05, 3.63) is 12.4 Å². The first-order chi connectivity index (χ1) is 7.33. The van der Waals surface area contributed by atoms with Crippen LogP contribution in [-0.2, 0) is 7.05 Å². The van der Waals surface area contributed by atoms with Crippen LogP contribution in [0.5, 0.6) is 0 Å². The van der Waals surface area contributed by atoms with Gasteiger partial charge in [-0.25, -0.2) is 4.98 Å². The molecule has 0 saturated carbocycles. The van der Waals surface area contributed by atoms with Crippen LogP contribution in [0.3, 0.4) is 0 Å². The van der Waals surface area contributed by atoms with Crippen molar-refractivity contribution in [2.75, 3.05) is 24.5 Å². The molecule has 0 spiro atoms. The predicted octanol–water partition coefficient (Wildman–Crippen LogP) is 0.998. The fourth-order valence-corrected chi connectivity index (χ4v) is 2.30. The minimum atomic E-state index is 0.602. The van der Waals surface area contributed by atoms with E-state index in [9.17, 15) is 0 Å². The molecule has 2 rings (SSSR count). The van der Waals surface area contributed by atoms with Gasteiger partial charge < -0.3 is 14.8 Å². The van der Waals surface area contributed by atoms with Crippen molar-refractivity contribution in [1.82, 2.24) is 14.9 Å². The molecule has 84 valence electrons. The van der Waals surface area contributed by atoms with Crippen molar-refractivity contribution in [2.24, 2.45) is 7.05 Å². The maximum Gasteiger partial charge on any atom is 0.205 e. The minimum Gasteiger partial charge on any atom is -0.338 e. The largest absolute Gasteiger partial charge is 0.338 e. The Morgan fingerprint density at radius 2 is 2.53 bits per heavy atom. The van der Waals surface area contributed by atoms with Crippen LogP contribution in [-0.4, -0.2) is 35.2 Å². The van der Waals surface area contributed by atoms with E-state index in [4.69, 9.17) is 0 Å². The Morgan fingerprint density at radius 3 is 3.07 bits per heavy atom. The molecule has 2 heterocycles. The molecule has 1 fully saturated rings. The third-order valence-electron chi connectivity index (χ3n) is 3.10. The second-order valence-electron chi connectivity index (χ2n) is 4.12. The van der Waals surface area contributed by atoms with Crippen LogP contribution in [0, 0.1) is 0 Å². The molecule has 0 radical (unpaired) electrons. The molecule has 1 aliphatic rings. The molecule has 0 amide bonds. The number of hydrogen-bond acceptors (Lipinski definition) is 3. The summed E-state index contributed by atoms with van der Waals surface area (Å²) in [5.74, 6) is 1.09. The van der Waals surface area contributed by atoms with Crippen LogP contribution in [0.2, 0.25) is 0 Å². The van der Waals surface area contributed by atoms with E-state index in [0.29, 0.717) is 6.04 Å². The smallest absolute Gasteiger partial charge is 0.205 e. The zero-order valence-electron chi connectivity index (χ0n) is 9.61. The van der Waals surface area contributed by atoms with Gasteiger partial charge in [-0.15, -0.1) is 0 Å². The molecular formula is C11H20N4. The lowest BCUT2D eigenvalue weighted by molar-refractivity contribution is 0.429. The van der Waals surface area contributed by atoms with Crippen LogP contribution in [0.4, 0.5) is 5.95 Å². The van der Waals surface area contributed by atoms with Crippen molar-refractivity contribution in [3.8, 4) is 0 Å². The number of piperidine rings is 1. The normalized spacial score (nSPS) is 21.6. The number of aromatic nitrogens is 2. The van der Waals surface area contributed by atoms with Crippen molar-refractivity contribution in [2.45, 2.75) is 25.8 Å². The van der Waals surface area contributed by atoms with E-state index in [1.54, 1.807) is 0 Å². The molecule has 0 aromatic carbocycles. The number of hydrogen-bond donors (Lipinski definition) is 1. The summed E-state index contributed by atoms with van der Waals surface area (Å²) >= 11 is 0. The molecule has 4 nitrogen and oxygen atoms in total. The summed E-state index contributed by atoms with van der Waals surface area (Å²) in [5, 5.41) is 3.45. The van der Waals surface area contributed by atoms with Crippen LogP contribution < -0.4 is 10.2 Å². The first kappa shape index (κ1) is 10.5. The van der Waals surface area contributed by atoms with E-state index in [2.05, 4.69) is 33.7 Å². The van der Waals surface area contributed by atoms with E-state index in [0.717, 1.165) is 25.6 Å². The molecule has 1 saturated heterocycles. The zero-order chi connectivity index (χ0) is 10.7. The highest BCUT2D eigenvalue weighted by atomic mass is 15.3. The number of imidazole rings is 1. The van der Waals surface area contributed by atoms with Gasteiger partial charge in [-0.3, -0.25) is 0 Å². The third kappa shape index (κ3) is 2.15. The van der Waals surface area contributed by atoms with Crippen LogP contribution in [0.1, 0.15) is 19.8 Å². The molecule has 0 bridgehead atoms. The molecule has 1 N–H and O–H groups in total. The highest BCUT2D eigenvalue weighted by molar-refractivity contribution is 5.33. The van der Waals surface area contributed by atoms with Crippen LogP contribution in [0.15, 0.2) is 12.4 Å². The zero-order valence-corrected chi connectivity index (χ0v) is 9.61. The Bertz CT molecular complexity index is 301. The lowest BCUT2D eigenvalue weighted by atomic mass is 10.1. The van der Waals surface area contributed by atoms with Gasteiger partial charge in [0.25, 0.3) is 0 Å². The Kier molecular flexibility index (Phi) is 3.26. The van der Waals surface area contributed by atoms with Gasteiger partial charge in [0.05, 0.1) is 0 Å². The van der Waals surface area contributed by atoms with Crippen molar-refractivity contribution >= 4 is 5.95 Å². The fourth-order valence-electron chi connectivity index (χ4n) is 2.30. The predicted molar refractivity (Wildman–Crippen MR) is 62.1 cm³/mol. The number of nitrogens with zero attached hydrogens (tertiary/aromatic N) is 3. The number of rotatable bonds is 3. The first-order valence-corrected chi connectivity index (χ1v) is 5.77. The van der Waals surface area contributed by atoms with E-state index in [1.165, 1.54) is 12.8 Å². The molecule has 1 aromatic rings. The van der Waals surface area contributed by atoms with Gasteiger partial charge in [-0.1, -0.05) is 0 Å². The second kappa shape index (κ2) is 4.66. The Labute approximate surface area is 91.3 Å². The second-order valence-corrected chi connectivity index (χ2v) is 4.12. The molecule has 4 heteroatoms. The van der Waals surface area contributed by atoms with Crippen molar-refractivity contribution in [3.63, 3.8) is 0 Å².